The molecule has 0 bridgehead atoms. The Kier molecular flexibility index (Phi) is 5.07. The fourth-order valence-electron chi connectivity index (χ4n) is 1.98. The normalized spacial score (nSPS) is 12.4. The highest BCUT2D eigenvalue weighted by molar-refractivity contribution is 9.10. The van der Waals surface area contributed by atoms with Crippen LogP contribution in [0.1, 0.15) is 24.3 Å². The zero-order chi connectivity index (χ0) is 13.8. The van der Waals surface area contributed by atoms with Gasteiger partial charge in [0.05, 0.1) is 23.9 Å². The Morgan fingerprint density at radius 1 is 1.32 bits per heavy atom. The third-order valence-corrected chi connectivity index (χ3v) is 3.97. The van der Waals surface area contributed by atoms with Crippen LogP contribution in [0.15, 0.2) is 43.9 Å². The van der Waals surface area contributed by atoms with E-state index in [0.717, 1.165) is 32.6 Å². The summed E-state index contributed by atoms with van der Waals surface area (Å²) in [4.78, 5) is 0. The molecule has 0 spiro atoms. The van der Waals surface area contributed by atoms with Crippen LogP contribution in [-0.4, -0.2) is 13.7 Å². The number of rotatable bonds is 5. The van der Waals surface area contributed by atoms with Crippen LogP contribution in [0.3, 0.4) is 0 Å². The molecule has 19 heavy (non-hydrogen) atoms. The molecule has 5 heteroatoms. The number of nitrogens with one attached hydrogen (secondary N) is 1. The molecule has 0 amide bonds. The predicted octanol–water partition coefficient (Wildman–Crippen LogP) is 4.51. The molecule has 2 aromatic rings. The number of furan rings is 1. The Morgan fingerprint density at radius 3 is 2.68 bits per heavy atom. The molecule has 1 unspecified atom stereocenters. The highest BCUT2D eigenvalue weighted by Gasteiger charge is 2.22. The number of hydrogen-bond donors (Lipinski definition) is 1. The molecule has 1 aromatic carbocycles. The van der Waals surface area contributed by atoms with E-state index >= 15 is 0 Å². The van der Waals surface area contributed by atoms with Crippen molar-refractivity contribution in [2.75, 3.05) is 13.7 Å². The maximum absolute atomic E-state index is 5.59. The molecule has 0 radical (unpaired) electrons. The van der Waals surface area contributed by atoms with Crippen LogP contribution in [-0.2, 0) is 0 Å². The summed E-state index contributed by atoms with van der Waals surface area (Å²) in [5.74, 6) is 1.67. The number of halogens is 2. The van der Waals surface area contributed by atoms with Gasteiger partial charge in [-0.1, -0.05) is 28.9 Å². The zero-order valence-corrected chi connectivity index (χ0v) is 13.9. The van der Waals surface area contributed by atoms with Crippen molar-refractivity contribution in [2.24, 2.45) is 0 Å². The van der Waals surface area contributed by atoms with Crippen LogP contribution in [0, 0.1) is 0 Å². The van der Waals surface area contributed by atoms with Crippen LogP contribution in [0.4, 0.5) is 0 Å². The van der Waals surface area contributed by atoms with Crippen molar-refractivity contribution >= 4 is 31.9 Å². The lowest BCUT2D eigenvalue weighted by Crippen LogP contribution is -2.22. The van der Waals surface area contributed by atoms with Crippen LogP contribution >= 0.6 is 31.9 Å². The van der Waals surface area contributed by atoms with E-state index < -0.39 is 0 Å². The van der Waals surface area contributed by atoms with E-state index in [0.29, 0.717) is 0 Å². The van der Waals surface area contributed by atoms with Gasteiger partial charge >= 0.3 is 0 Å². The standard InChI is InChI=1S/C14H15Br2NO2/c1-3-17-13(14-11(16)6-7-19-14)10-5-4-9(15)8-12(10)18-2/h4-8,13,17H,3H2,1-2H3. The molecule has 2 rings (SSSR count). The molecule has 0 saturated heterocycles. The van der Waals surface area contributed by atoms with Crippen LogP contribution in [0.25, 0.3) is 0 Å². The summed E-state index contributed by atoms with van der Waals surface area (Å²) in [7, 11) is 1.67. The van der Waals surface area contributed by atoms with Gasteiger partial charge in [0.15, 0.2) is 0 Å². The minimum atomic E-state index is -0.0441. The first kappa shape index (κ1) is 14.6. The first-order valence-electron chi connectivity index (χ1n) is 5.97. The Balaban J connectivity index is 2.48. The van der Waals surface area contributed by atoms with Gasteiger partial charge in [-0.2, -0.15) is 0 Å². The Morgan fingerprint density at radius 2 is 2.11 bits per heavy atom. The third kappa shape index (κ3) is 3.22. The van der Waals surface area contributed by atoms with Crippen LogP contribution in [0.5, 0.6) is 5.75 Å². The molecule has 0 aliphatic rings. The Bertz CT molecular complexity index is 554. The van der Waals surface area contributed by atoms with Gasteiger partial charge in [0.25, 0.3) is 0 Å². The SMILES string of the molecule is CCNC(c1ccc(Br)cc1OC)c1occc1Br. The Labute approximate surface area is 129 Å². The topological polar surface area (TPSA) is 34.4 Å². The van der Waals surface area contributed by atoms with Crippen molar-refractivity contribution in [2.45, 2.75) is 13.0 Å². The first-order chi connectivity index (χ1) is 9.17. The highest BCUT2D eigenvalue weighted by atomic mass is 79.9. The lowest BCUT2D eigenvalue weighted by atomic mass is 10.0. The summed E-state index contributed by atoms with van der Waals surface area (Å²) in [5.41, 5.74) is 1.04. The summed E-state index contributed by atoms with van der Waals surface area (Å²) in [5, 5.41) is 3.42. The summed E-state index contributed by atoms with van der Waals surface area (Å²) in [6.45, 7) is 2.90. The molecule has 3 nitrogen and oxygen atoms in total. The molecule has 0 saturated carbocycles. The molecule has 1 atom stereocenters. The monoisotopic (exact) mass is 387 g/mol. The maximum Gasteiger partial charge on any atom is 0.139 e. The van der Waals surface area contributed by atoms with Crippen molar-refractivity contribution in [3.05, 3.63) is 50.8 Å². The predicted molar refractivity (Wildman–Crippen MR) is 82.6 cm³/mol. The summed E-state index contributed by atoms with van der Waals surface area (Å²) >= 11 is 6.97. The van der Waals surface area contributed by atoms with Crippen LogP contribution < -0.4 is 10.1 Å². The number of methoxy groups -OCH3 is 1. The average molecular weight is 389 g/mol. The second-order valence-electron chi connectivity index (χ2n) is 4.01. The lowest BCUT2D eigenvalue weighted by molar-refractivity contribution is 0.393. The van der Waals surface area contributed by atoms with Crippen LogP contribution in [0.2, 0.25) is 0 Å². The Hall–Kier alpha value is -0.780. The molecule has 1 heterocycles. The smallest absolute Gasteiger partial charge is 0.139 e. The second-order valence-corrected chi connectivity index (χ2v) is 5.78. The number of benzene rings is 1. The molecule has 102 valence electrons. The molecular formula is C14H15Br2NO2. The third-order valence-electron chi connectivity index (χ3n) is 2.82. The van der Waals surface area contributed by atoms with Gasteiger partial charge in [-0.15, -0.1) is 0 Å². The molecule has 1 aromatic heterocycles. The van der Waals surface area contributed by atoms with Crippen molar-refractivity contribution in [3.8, 4) is 5.75 Å². The van der Waals surface area contributed by atoms with Gasteiger partial charge in [0.2, 0.25) is 0 Å². The van der Waals surface area contributed by atoms with Gasteiger partial charge in [-0.3, -0.25) is 0 Å². The quantitative estimate of drug-likeness (QED) is 0.817. The van der Waals surface area contributed by atoms with E-state index in [1.54, 1.807) is 13.4 Å². The van der Waals surface area contributed by atoms with Gasteiger partial charge in [-0.05, 0) is 40.7 Å². The van der Waals surface area contributed by atoms with Crippen molar-refractivity contribution in [3.63, 3.8) is 0 Å². The van der Waals surface area contributed by atoms with Gasteiger partial charge in [0, 0.05) is 10.0 Å². The maximum atomic E-state index is 5.59. The van der Waals surface area contributed by atoms with Crippen molar-refractivity contribution < 1.29 is 9.15 Å². The molecule has 0 aliphatic heterocycles. The van der Waals surface area contributed by atoms with E-state index in [1.807, 2.05) is 24.3 Å². The first-order valence-corrected chi connectivity index (χ1v) is 7.55. The van der Waals surface area contributed by atoms with E-state index in [9.17, 15) is 0 Å². The van der Waals surface area contributed by atoms with E-state index in [2.05, 4.69) is 44.1 Å². The van der Waals surface area contributed by atoms with Gasteiger partial charge < -0.3 is 14.5 Å². The fraction of sp³-hybridized carbons (Fsp3) is 0.286. The molecular weight excluding hydrogens is 374 g/mol. The lowest BCUT2D eigenvalue weighted by Gasteiger charge is -2.19. The second kappa shape index (κ2) is 6.59. The fourth-order valence-corrected chi connectivity index (χ4v) is 2.75. The molecule has 1 N–H and O–H groups in total. The van der Waals surface area contributed by atoms with Gasteiger partial charge in [-0.25, -0.2) is 0 Å². The van der Waals surface area contributed by atoms with E-state index in [1.165, 1.54) is 0 Å². The van der Waals surface area contributed by atoms with E-state index in [-0.39, 0.29) is 6.04 Å². The zero-order valence-electron chi connectivity index (χ0n) is 10.7. The minimum absolute atomic E-state index is 0.0441. The average Bonchev–Trinajstić information content (AvgIpc) is 2.82. The van der Waals surface area contributed by atoms with Crippen molar-refractivity contribution in [1.82, 2.24) is 5.32 Å². The van der Waals surface area contributed by atoms with Crippen molar-refractivity contribution in [1.29, 1.82) is 0 Å². The molecule has 0 aliphatic carbocycles. The summed E-state index contributed by atoms with van der Waals surface area (Å²) in [6, 6.07) is 7.84. The summed E-state index contributed by atoms with van der Waals surface area (Å²) < 4.78 is 13.0. The molecule has 0 fully saturated rings. The largest absolute Gasteiger partial charge is 0.496 e. The number of ether oxygens (including phenoxy) is 1. The highest BCUT2D eigenvalue weighted by Crippen LogP contribution is 2.35. The van der Waals surface area contributed by atoms with Gasteiger partial charge in [0.1, 0.15) is 11.5 Å². The summed E-state index contributed by atoms with van der Waals surface area (Å²) in [6.07, 6.45) is 1.68. The minimum Gasteiger partial charge on any atom is -0.496 e. The van der Waals surface area contributed by atoms with E-state index in [4.69, 9.17) is 9.15 Å². The number of hydrogen-bond acceptors (Lipinski definition) is 3.